The van der Waals surface area contributed by atoms with Crippen LogP contribution in [0.3, 0.4) is 0 Å². The Balaban J connectivity index is 2.47. The van der Waals surface area contributed by atoms with Gasteiger partial charge in [0.25, 0.3) is 0 Å². The van der Waals surface area contributed by atoms with Gasteiger partial charge in [-0.3, -0.25) is 9.78 Å². The van der Waals surface area contributed by atoms with Crippen LogP contribution in [0.15, 0.2) is 18.3 Å². The van der Waals surface area contributed by atoms with Gasteiger partial charge in [-0.05, 0) is 25.0 Å². The minimum Gasteiger partial charge on any atom is -0.369 e. The largest absolute Gasteiger partial charge is 0.369 e. The molecule has 0 radical (unpaired) electrons. The van der Waals surface area contributed by atoms with Crippen LogP contribution in [-0.2, 0) is 10.2 Å². The van der Waals surface area contributed by atoms with Crippen molar-refractivity contribution in [3.63, 3.8) is 0 Å². The Kier molecular flexibility index (Phi) is 1.58. The minimum atomic E-state index is -0.814. The van der Waals surface area contributed by atoms with Crippen LogP contribution >= 0.6 is 0 Å². The number of rotatable bonds is 2. The molecule has 0 bridgehead atoms. The number of hydrogen-bond donors (Lipinski definition) is 1. The molecule has 0 atom stereocenters. The molecule has 3 nitrogen and oxygen atoms in total. The van der Waals surface area contributed by atoms with Gasteiger partial charge in [0.2, 0.25) is 5.91 Å². The first-order valence-corrected chi connectivity index (χ1v) is 4.08. The van der Waals surface area contributed by atoms with Gasteiger partial charge < -0.3 is 5.73 Å². The van der Waals surface area contributed by atoms with Crippen molar-refractivity contribution >= 4 is 5.91 Å². The summed E-state index contributed by atoms with van der Waals surface area (Å²) in [7, 11) is 0. The molecule has 4 heteroatoms. The number of pyridine rings is 1. The summed E-state index contributed by atoms with van der Waals surface area (Å²) in [4.78, 5) is 14.9. The van der Waals surface area contributed by atoms with Crippen LogP contribution in [0, 0.1) is 5.82 Å². The fourth-order valence-electron chi connectivity index (χ4n) is 1.46. The van der Waals surface area contributed by atoms with Crippen LogP contribution < -0.4 is 5.73 Å². The monoisotopic (exact) mass is 180 g/mol. The van der Waals surface area contributed by atoms with E-state index in [1.807, 2.05) is 0 Å². The zero-order valence-corrected chi connectivity index (χ0v) is 6.96. The average molecular weight is 180 g/mol. The lowest BCUT2D eigenvalue weighted by Crippen LogP contribution is -2.30. The van der Waals surface area contributed by atoms with Crippen molar-refractivity contribution in [2.45, 2.75) is 18.3 Å². The second kappa shape index (κ2) is 2.52. The number of nitrogens with two attached hydrogens (primary N) is 1. The molecular formula is C9H9FN2O. The lowest BCUT2D eigenvalue weighted by Gasteiger charge is -2.09. The summed E-state index contributed by atoms with van der Waals surface area (Å²) >= 11 is 0. The van der Waals surface area contributed by atoms with E-state index in [2.05, 4.69) is 4.98 Å². The fraction of sp³-hybridized carbons (Fsp3) is 0.333. The molecule has 1 aliphatic carbocycles. The van der Waals surface area contributed by atoms with Crippen LogP contribution in [0.2, 0.25) is 0 Å². The molecule has 0 unspecified atom stereocenters. The molecule has 1 fully saturated rings. The van der Waals surface area contributed by atoms with E-state index in [1.165, 1.54) is 18.3 Å². The fourth-order valence-corrected chi connectivity index (χ4v) is 1.46. The highest BCUT2D eigenvalue weighted by Gasteiger charge is 2.52. The maximum atomic E-state index is 13.2. The molecule has 1 aromatic heterocycles. The Morgan fingerprint density at radius 1 is 1.62 bits per heavy atom. The van der Waals surface area contributed by atoms with Crippen LogP contribution in [0.25, 0.3) is 0 Å². The van der Waals surface area contributed by atoms with Crippen molar-refractivity contribution < 1.29 is 9.18 Å². The maximum Gasteiger partial charge on any atom is 0.229 e. The number of primary amides is 1. The molecule has 0 spiro atoms. The lowest BCUT2D eigenvalue weighted by atomic mass is 10.0. The lowest BCUT2D eigenvalue weighted by molar-refractivity contribution is -0.120. The number of hydrogen-bond acceptors (Lipinski definition) is 2. The van der Waals surface area contributed by atoms with Crippen LogP contribution in [0.1, 0.15) is 18.5 Å². The second-order valence-corrected chi connectivity index (χ2v) is 3.28. The summed E-state index contributed by atoms with van der Waals surface area (Å²) in [5.74, 6) is -0.927. The molecule has 1 amide bonds. The van der Waals surface area contributed by atoms with Gasteiger partial charge in [0.1, 0.15) is 5.82 Å². The molecule has 0 aromatic carbocycles. The van der Waals surface area contributed by atoms with E-state index in [4.69, 9.17) is 5.73 Å². The Bertz CT molecular complexity index is 360. The van der Waals surface area contributed by atoms with E-state index in [0.717, 1.165) is 0 Å². The van der Waals surface area contributed by atoms with Crippen LogP contribution in [-0.4, -0.2) is 10.9 Å². The number of aromatic nitrogens is 1. The average Bonchev–Trinajstić information content (AvgIpc) is 2.85. The first-order valence-electron chi connectivity index (χ1n) is 4.08. The molecule has 1 saturated carbocycles. The van der Waals surface area contributed by atoms with Crippen molar-refractivity contribution in [1.29, 1.82) is 0 Å². The first kappa shape index (κ1) is 8.16. The minimum absolute atomic E-state index is 0.197. The smallest absolute Gasteiger partial charge is 0.229 e. The Labute approximate surface area is 74.8 Å². The molecule has 0 aliphatic heterocycles. The van der Waals surface area contributed by atoms with Gasteiger partial charge >= 0.3 is 0 Å². The molecular weight excluding hydrogens is 171 g/mol. The number of amides is 1. The molecule has 2 rings (SSSR count). The molecule has 1 aliphatic rings. The first-order chi connectivity index (χ1) is 6.17. The van der Waals surface area contributed by atoms with E-state index >= 15 is 0 Å². The summed E-state index contributed by atoms with van der Waals surface area (Å²) in [6.45, 7) is 0. The Morgan fingerprint density at radius 3 is 2.77 bits per heavy atom. The third-order valence-electron chi connectivity index (χ3n) is 2.43. The number of carbonyl (C=O) groups excluding carboxylic acids is 1. The molecule has 68 valence electrons. The maximum absolute atomic E-state index is 13.2. The summed E-state index contributed by atoms with van der Waals surface area (Å²) < 4.78 is 13.2. The highest BCUT2D eigenvalue weighted by Crippen LogP contribution is 2.47. The van der Waals surface area contributed by atoms with Gasteiger partial charge in [0.05, 0.1) is 11.1 Å². The summed E-state index contributed by atoms with van der Waals surface area (Å²) in [5.41, 5.74) is 4.57. The number of nitrogens with zero attached hydrogens (tertiary/aromatic N) is 1. The van der Waals surface area contributed by atoms with E-state index in [9.17, 15) is 9.18 Å². The molecule has 1 heterocycles. The van der Waals surface area contributed by atoms with Gasteiger partial charge in [-0.25, -0.2) is 4.39 Å². The van der Waals surface area contributed by atoms with Gasteiger partial charge in [-0.1, -0.05) is 0 Å². The highest BCUT2D eigenvalue weighted by molar-refractivity contribution is 5.89. The molecule has 13 heavy (non-hydrogen) atoms. The van der Waals surface area contributed by atoms with Crippen LogP contribution in [0.5, 0.6) is 0 Å². The van der Waals surface area contributed by atoms with E-state index in [0.29, 0.717) is 12.8 Å². The Hall–Kier alpha value is -1.45. The van der Waals surface area contributed by atoms with Crippen molar-refractivity contribution in [2.75, 3.05) is 0 Å². The topological polar surface area (TPSA) is 56.0 Å². The van der Waals surface area contributed by atoms with Crippen molar-refractivity contribution in [3.05, 3.63) is 29.8 Å². The van der Waals surface area contributed by atoms with Gasteiger partial charge in [0, 0.05) is 6.20 Å². The quantitative estimate of drug-likeness (QED) is 0.729. The number of halogens is 1. The van der Waals surface area contributed by atoms with Gasteiger partial charge in [0.15, 0.2) is 0 Å². The molecule has 2 N–H and O–H groups in total. The van der Waals surface area contributed by atoms with Crippen molar-refractivity contribution in [1.82, 2.24) is 4.98 Å². The normalized spacial score (nSPS) is 18.2. The van der Waals surface area contributed by atoms with E-state index < -0.39 is 17.1 Å². The number of carbonyl (C=O) groups is 1. The standard InChI is InChI=1S/C9H9FN2O/c10-6-2-1-5-12-7(6)9(3-4-9)8(11)13/h1-2,5H,3-4H2,(H2,11,13). The van der Waals surface area contributed by atoms with Crippen LogP contribution in [0.4, 0.5) is 4.39 Å². The van der Waals surface area contributed by atoms with E-state index in [-0.39, 0.29) is 5.69 Å². The summed E-state index contributed by atoms with van der Waals surface area (Å²) in [6, 6.07) is 2.79. The Morgan fingerprint density at radius 2 is 2.31 bits per heavy atom. The highest BCUT2D eigenvalue weighted by atomic mass is 19.1. The zero-order chi connectivity index (χ0) is 9.47. The molecule has 1 aromatic rings. The molecule has 0 saturated heterocycles. The van der Waals surface area contributed by atoms with E-state index in [1.54, 1.807) is 0 Å². The SMILES string of the molecule is NC(=O)C1(c2ncccc2F)CC1. The van der Waals surface area contributed by atoms with Crippen molar-refractivity contribution in [2.24, 2.45) is 5.73 Å². The predicted molar refractivity (Wildman–Crippen MR) is 44.3 cm³/mol. The predicted octanol–water partition coefficient (Wildman–Crippen LogP) is 0.738. The third kappa shape index (κ3) is 1.09. The van der Waals surface area contributed by atoms with Gasteiger partial charge in [-0.15, -0.1) is 0 Å². The summed E-state index contributed by atoms with van der Waals surface area (Å²) in [5, 5.41) is 0. The zero-order valence-electron chi connectivity index (χ0n) is 6.96. The second-order valence-electron chi connectivity index (χ2n) is 3.28. The summed E-state index contributed by atoms with van der Waals surface area (Å²) in [6.07, 6.45) is 2.69. The third-order valence-corrected chi connectivity index (χ3v) is 2.43. The van der Waals surface area contributed by atoms with Gasteiger partial charge in [-0.2, -0.15) is 0 Å². The van der Waals surface area contributed by atoms with Crippen molar-refractivity contribution in [3.8, 4) is 0 Å².